The lowest BCUT2D eigenvalue weighted by atomic mass is 10.0. The molecule has 0 spiro atoms. The Morgan fingerprint density at radius 1 is 1.17 bits per heavy atom. The average Bonchev–Trinajstić information content (AvgIpc) is 2.85. The van der Waals surface area contributed by atoms with Crippen LogP contribution in [-0.4, -0.2) is 36.0 Å². The van der Waals surface area contributed by atoms with Crippen molar-refractivity contribution in [2.75, 3.05) is 13.2 Å². The number of rotatable bonds is 6. The second kappa shape index (κ2) is 9.40. The third-order valence-electron chi connectivity index (χ3n) is 4.49. The van der Waals surface area contributed by atoms with Gasteiger partial charge in [0.25, 0.3) is 5.91 Å². The minimum absolute atomic E-state index is 0.0639. The predicted molar refractivity (Wildman–Crippen MR) is 90.2 cm³/mol. The topological polar surface area (TPSA) is 46.6 Å². The molecule has 24 heavy (non-hydrogen) atoms. The van der Waals surface area contributed by atoms with Gasteiger partial charge in [0, 0.05) is 12.6 Å². The molecule has 132 valence electrons. The van der Waals surface area contributed by atoms with E-state index in [1.807, 2.05) is 0 Å². The summed E-state index contributed by atoms with van der Waals surface area (Å²) in [7, 11) is 0. The largest absolute Gasteiger partial charge is 0.466 e. The number of benzene rings is 1. The van der Waals surface area contributed by atoms with E-state index in [9.17, 15) is 14.0 Å². The van der Waals surface area contributed by atoms with E-state index in [2.05, 4.69) is 0 Å². The summed E-state index contributed by atoms with van der Waals surface area (Å²) in [6.45, 7) is 2.35. The Kier molecular flexibility index (Phi) is 7.22. The quantitative estimate of drug-likeness (QED) is 0.584. The highest BCUT2D eigenvalue weighted by Crippen LogP contribution is 2.24. The van der Waals surface area contributed by atoms with Crippen molar-refractivity contribution in [2.24, 2.45) is 0 Å². The molecule has 0 N–H and O–H groups in total. The molecule has 1 aromatic carbocycles. The lowest BCUT2D eigenvalue weighted by Gasteiger charge is -2.31. The van der Waals surface area contributed by atoms with Gasteiger partial charge in [-0.15, -0.1) is 0 Å². The van der Waals surface area contributed by atoms with Crippen LogP contribution >= 0.6 is 0 Å². The van der Waals surface area contributed by atoms with E-state index in [4.69, 9.17) is 4.74 Å². The molecule has 0 unspecified atom stereocenters. The molecule has 1 aliphatic carbocycles. The van der Waals surface area contributed by atoms with Crippen LogP contribution in [0.1, 0.15) is 62.2 Å². The Morgan fingerprint density at radius 3 is 2.46 bits per heavy atom. The SMILES string of the molecule is CCOC(=O)CCN(C(=O)c1ccccc1F)C1CCCCCC1. The first-order valence-electron chi connectivity index (χ1n) is 8.84. The molecular weight excluding hydrogens is 309 g/mol. The maximum Gasteiger partial charge on any atom is 0.307 e. The average molecular weight is 335 g/mol. The molecule has 0 bridgehead atoms. The molecule has 1 amide bonds. The Labute approximate surface area is 143 Å². The van der Waals surface area contributed by atoms with E-state index in [0.29, 0.717) is 6.61 Å². The van der Waals surface area contributed by atoms with Crippen LogP contribution in [0.3, 0.4) is 0 Å². The highest BCUT2D eigenvalue weighted by atomic mass is 19.1. The summed E-state index contributed by atoms with van der Waals surface area (Å²) in [5.41, 5.74) is 0.0746. The molecule has 5 heteroatoms. The van der Waals surface area contributed by atoms with Crippen molar-refractivity contribution in [1.29, 1.82) is 0 Å². The van der Waals surface area contributed by atoms with E-state index < -0.39 is 5.82 Å². The predicted octanol–water partition coefficient (Wildman–Crippen LogP) is 3.94. The van der Waals surface area contributed by atoms with E-state index in [1.165, 1.54) is 12.1 Å². The van der Waals surface area contributed by atoms with E-state index in [1.54, 1.807) is 24.0 Å². The third-order valence-corrected chi connectivity index (χ3v) is 4.49. The van der Waals surface area contributed by atoms with Gasteiger partial charge >= 0.3 is 5.97 Å². The van der Waals surface area contributed by atoms with Crippen molar-refractivity contribution in [3.63, 3.8) is 0 Å². The number of ether oxygens (including phenoxy) is 1. The maximum atomic E-state index is 14.0. The molecule has 0 heterocycles. The molecule has 1 aliphatic rings. The zero-order valence-corrected chi connectivity index (χ0v) is 14.3. The molecule has 1 saturated carbocycles. The van der Waals surface area contributed by atoms with Crippen molar-refractivity contribution in [3.8, 4) is 0 Å². The van der Waals surface area contributed by atoms with Gasteiger partial charge in [-0.2, -0.15) is 0 Å². The maximum absolute atomic E-state index is 14.0. The van der Waals surface area contributed by atoms with Gasteiger partial charge in [0.1, 0.15) is 5.82 Å². The number of halogens is 1. The minimum atomic E-state index is -0.516. The van der Waals surface area contributed by atoms with Gasteiger partial charge in [-0.25, -0.2) is 4.39 Å². The van der Waals surface area contributed by atoms with Crippen molar-refractivity contribution in [3.05, 3.63) is 35.6 Å². The normalized spacial score (nSPS) is 15.6. The van der Waals surface area contributed by atoms with Gasteiger partial charge < -0.3 is 9.64 Å². The first-order valence-corrected chi connectivity index (χ1v) is 8.84. The molecule has 1 aromatic rings. The molecular formula is C19H26FNO3. The van der Waals surface area contributed by atoms with Gasteiger partial charge in [-0.3, -0.25) is 9.59 Å². The summed E-state index contributed by atoms with van der Waals surface area (Å²) in [6.07, 6.45) is 6.40. The van der Waals surface area contributed by atoms with E-state index >= 15 is 0 Å². The van der Waals surface area contributed by atoms with Crippen molar-refractivity contribution >= 4 is 11.9 Å². The van der Waals surface area contributed by atoms with Gasteiger partial charge in [0.15, 0.2) is 0 Å². The van der Waals surface area contributed by atoms with Crippen LogP contribution in [0.15, 0.2) is 24.3 Å². The molecule has 1 fully saturated rings. The Hall–Kier alpha value is -1.91. The molecule has 0 saturated heterocycles. The molecule has 2 rings (SSSR count). The summed E-state index contributed by atoms with van der Waals surface area (Å²) in [4.78, 5) is 26.3. The van der Waals surface area contributed by atoms with Crippen molar-refractivity contribution in [2.45, 2.75) is 57.9 Å². The molecule has 0 aliphatic heterocycles. The number of carbonyl (C=O) groups excluding carboxylic acids is 2. The standard InChI is InChI=1S/C19H26FNO3/c1-2-24-18(22)13-14-21(15-9-5-3-4-6-10-15)19(23)16-11-7-8-12-17(16)20/h7-8,11-12,15H,2-6,9-10,13-14H2,1H3. The van der Waals surface area contributed by atoms with Crippen LogP contribution in [0.4, 0.5) is 4.39 Å². The first kappa shape index (κ1) is 18.4. The van der Waals surface area contributed by atoms with Gasteiger partial charge in [-0.1, -0.05) is 37.8 Å². The molecule has 4 nitrogen and oxygen atoms in total. The van der Waals surface area contributed by atoms with Crippen molar-refractivity contribution in [1.82, 2.24) is 4.90 Å². The second-order valence-corrected chi connectivity index (χ2v) is 6.18. The Bertz CT molecular complexity index is 553. The third kappa shape index (κ3) is 5.05. The zero-order valence-electron chi connectivity index (χ0n) is 14.3. The van der Waals surface area contributed by atoms with Crippen LogP contribution in [0.5, 0.6) is 0 Å². The van der Waals surface area contributed by atoms with Gasteiger partial charge in [0.05, 0.1) is 18.6 Å². The highest BCUT2D eigenvalue weighted by Gasteiger charge is 2.27. The fourth-order valence-electron chi connectivity index (χ4n) is 3.25. The number of amides is 1. The lowest BCUT2D eigenvalue weighted by Crippen LogP contribution is -2.42. The summed E-state index contributed by atoms with van der Waals surface area (Å²) < 4.78 is 19.0. The molecule has 0 radical (unpaired) electrons. The fourth-order valence-corrected chi connectivity index (χ4v) is 3.25. The monoisotopic (exact) mass is 335 g/mol. The van der Waals surface area contributed by atoms with Crippen molar-refractivity contribution < 1.29 is 18.7 Å². The smallest absolute Gasteiger partial charge is 0.307 e. The summed E-state index contributed by atoms with van der Waals surface area (Å²) in [6, 6.07) is 6.09. The lowest BCUT2D eigenvalue weighted by molar-refractivity contribution is -0.143. The second-order valence-electron chi connectivity index (χ2n) is 6.18. The van der Waals surface area contributed by atoms with Gasteiger partial charge in [-0.05, 0) is 31.9 Å². The van der Waals surface area contributed by atoms with Gasteiger partial charge in [0.2, 0.25) is 0 Å². The first-order chi connectivity index (χ1) is 11.6. The Morgan fingerprint density at radius 2 is 1.83 bits per heavy atom. The van der Waals surface area contributed by atoms with Crippen LogP contribution in [-0.2, 0) is 9.53 Å². The number of esters is 1. The van der Waals surface area contributed by atoms with Crippen LogP contribution in [0, 0.1) is 5.82 Å². The van der Waals surface area contributed by atoms with E-state index in [-0.39, 0.29) is 36.4 Å². The van der Waals surface area contributed by atoms with Crippen LogP contribution in [0.25, 0.3) is 0 Å². The minimum Gasteiger partial charge on any atom is -0.466 e. The highest BCUT2D eigenvalue weighted by molar-refractivity contribution is 5.94. The number of hydrogen-bond donors (Lipinski definition) is 0. The summed E-state index contributed by atoms with van der Waals surface area (Å²) in [5, 5.41) is 0. The molecule has 0 aromatic heterocycles. The van der Waals surface area contributed by atoms with E-state index in [0.717, 1.165) is 38.5 Å². The Balaban J connectivity index is 2.15. The van der Waals surface area contributed by atoms with Crippen LogP contribution < -0.4 is 0 Å². The summed E-state index contributed by atoms with van der Waals surface area (Å²) in [5.74, 6) is -1.17. The number of nitrogens with zero attached hydrogens (tertiary/aromatic N) is 1. The zero-order chi connectivity index (χ0) is 17.4. The number of hydrogen-bond acceptors (Lipinski definition) is 3. The fraction of sp³-hybridized carbons (Fsp3) is 0.579. The summed E-state index contributed by atoms with van der Waals surface area (Å²) >= 11 is 0. The molecule has 0 atom stereocenters. The number of carbonyl (C=O) groups is 2. The van der Waals surface area contributed by atoms with Crippen LogP contribution in [0.2, 0.25) is 0 Å².